The number of aliphatic hydroxyl groups is 1. The van der Waals surface area contributed by atoms with Gasteiger partial charge in [0.2, 0.25) is 5.91 Å². The average molecular weight is 338 g/mol. The minimum absolute atomic E-state index is 0.0612. The molecule has 0 heterocycles. The zero-order valence-electron chi connectivity index (χ0n) is 14.9. The van der Waals surface area contributed by atoms with Crippen LogP contribution in [-0.4, -0.2) is 41.7 Å². The molecule has 0 aliphatic heterocycles. The van der Waals surface area contributed by atoms with Crippen LogP contribution < -0.4 is 5.32 Å². The second kappa shape index (κ2) is 7.81. The molecule has 4 nitrogen and oxygen atoms in total. The number of hydrogen-bond donors (Lipinski definition) is 2. The SMILES string of the molecule is CC(C(=O)Nc1ccccc1-c1ccccc1)N(C)CC(O)C1CC1. The summed E-state index contributed by atoms with van der Waals surface area (Å²) in [5.74, 6) is 0.352. The number of benzene rings is 2. The van der Waals surface area contributed by atoms with E-state index in [1.54, 1.807) is 0 Å². The van der Waals surface area contributed by atoms with Gasteiger partial charge in [-0.15, -0.1) is 0 Å². The first kappa shape index (κ1) is 17.6. The molecular formula is C21H26N2O2. The van der Waals surface area contributed by atoms with Gasteiger partial charge in [-0.3, -0.25) is 9.69 Å². The largest absolute Gasteiger partial charge is 0.392 e. The lowest BCUT2D eigenvalue weighted by Gasteiger charge is -2.26. The van der Waals surface area contributed by atoms with Gasteiger partial charge in [-0.25, -0.2) is 0 Å². The molecule has 1 fully saturated rings. The Morgan fingerprint density at radius 2 is 1.80 bits per heavy atom. The lowest BCUT2D eigenvalue weighted by Crippen LogP contribution is -2.43. The Morgan fingerprint density at radius 1 is 1.16 bits per heavy atom. The standard InChI is InChI=1S/C21H26N2O2/c1-15(23(2)14-20(24)17-12-13-17)21(25)22-19-11-7-6-10-18(19)16-8-4-3-5-9-16/h3-11,15,17,20,24H,12-14H2,1-2H3,(H,22,25). The molecule has 1 saturated carbocycles. The van der Waals surface area contributed by atoms with Crippen molar-refractivity contribution >= 4 is 11.6 Å². The van der Waals surface area contributed by atoms with E-state index in [1.165, 1.54) is 0 Å². The van der Waals surface area contributed by atoms with Crippen LogP contribution in [0.1, 0.15) is 19.8 Å². The second-order valence-corrected chi connectivity index (χ2v) is 6.92. The molecule has 0 aromatic heterocycles. The van der Waals surface area contributed by atoms with E-state index in [4.69, 9.17) is 0 Å². The van der Waals surface area contributed by atoms with Gasteiger partial charge in [-0.1, -0.05) is 48.5 Å². The Balaban J connectivity index is 1.68. The highest BCUT2D eigenvalue weighted by molar-refractivity contribution is 5.98. The second-order valence-electron chi connectivity index (χ2n) is 6.92. The van der Waals surface area contributed by atoms with Crippen molar-refractivity contribution in [1.29, 1.82) is 0 Å². The lowest BCUT2D eigenvalue weighted by molar-refractivity contribution is -0.120. The highest BCUT2D eigenvalue weighted by Crippen LogP contribution is 2.33. The van der Waals surface area contributed by atoms with Crippen LogP contribution in [0.15, 0.2) is 54.6 Å². The predicted molar refractivity (Wildman–Crippen MR) is 101 cm³/mol. The van der Waals surface area contributed by atoms with Crippen LogP contribution in [0.2, 0.25) is 0 Å². The Bertz CT molecular complexity index is 713. The van der Waals surface area contributed by atoms with E-state index in [0.717, 1.165) is 29.7 Å². The first-order chi connectivity index (χ1) is 12.1. The molecule has 2 N–H and O–H groups in total. The molecule has 132 valence electrons. The number of nitrogens with zero attached hydrogens (tertiary/aromatic N) is 1. The van der Waals surface area contributed by atoms with E-state index >= 15 is 0 Å². The minimum Gasteiger partial charge on any atom is -0.392 e. The number of anilines is 1. The quantitative estimate of drug-likeness (QED) is 0.814. The molecule has 0 bridgehead atoms. The van der Waals surface area contributed by atoms with E-state index in [1.807, 2.05) is 73.5 Å². The monoisotopic (exact) mass is 338 g/mol. The average Bonchev–Trinajstić information content (AvgIpc) is 3.47. The number of nitrogens with one attached hydrogen (secondary N) is 1. The number of carbonyl (C=O) groups is 1. The molecule has 4 heteroatoms. The Kier molecular flexibility index (Phi) is 5.51. The molecular weight excluding hydrogens is 312 g/mol. The van der Waals surface area contributed by atoms with Crippen molar-refractivity contribution < 1.29 is 9.90 Å². The van der Waals surface area contributed by atoms with Crippen molar-refractivity contribution in [3.8, 4) is 11.1 Å². The molecule has 25 heavy (non-hydrogen) atoms. The highest BCUT2D eigenvalue weighted by atomic mass is 16.3. The molecule has 1 aliphatic carbocycles. The number of amides is 1. The van der Waals surface area contributed by atoms with Crippen LogP contribution in [0.4, 0.5) is 5.69 Å². The Labute approximate surface area is 149 Å². The van der Waals surface area contributed by atoms with Gasteiger partial charge in [0.25, 0.3) is 0 Å². The van der Waals surface area contributed by atoms with Gasteiger partial charge in [0, 0.05) is 17.8 Å². The van der Waals surface area contributed by atoms with Gasteiger partial charge < -0.3 is 10.4 Å². The van der Waals surface area contributed by atoms with Gasteiger partial charge in [0.15, 0.2) is 0 Å². The zero-order valence-corrected chi connectivity index (χ0v) is 14.9. The van der Waals surface area contributed by atoms with E-state index in [0.29, 0.717) is 12.5 Å². The van der Waals surface area contributed by atoms with Crippen LogP contribution in [0.3, 0.4) is 0 Å². The summed E-state index contributed by atoms with van der Waals surface area (Å²) in [6.07, 6.45) is 1.86. The van der Waals surface area contributed by atoms with Crippen LogP contribution >= 0.6 is 0 Å². The number of carbonyl (C=O) groups excluding carboxylic acids is 1. The number of rotatable bonds is 7. The van der Waals surface area contributed by atoms with Gasteiger partial charge in [-0.2, -0.15) is 0 Å². The smallest absolute Gasteiger partial charge is 0.241 e. The van der Waals surface area contributed by atoms with Crippen LogP contribution in [0.25, 0.3) is 11.1 Å². The first-order valence-electron chi connectivity index (χ1n) is 8.90. The summed E-state index contributed by atoms with van der Waals surface area (Å²) in [5, 5.41) is 13.1. The van der Waals surface area contributed by atoms with Crippen LogP contribution in [0, 0.1) is 5.92 Å². The van der Waals surface area contributed by atoms with E-state index in [2.05, 4.69) is 5.32 Å². The molecule has 0 radical (unpaired) electrons. The normalized spacial score (nSPS) is 16.5. The van der Waals surface area contributed by atoms with Gasteiger partial charge >= 0.3 is 0 Å². The van der Waals surface area contributed by atoms with Gasteiger partial charge in [0.05, 0.1) is 12.1 Å². The molecule has 0 saturated heterocycles. The third-order valence-corrected chi connectivity index (χ3v) is 4.95. The number of hydrogen-bond acceptors (Lipinski definition) is 3. The van der Waals surface area contributed by atoms with Crippen LogP contribution in [-0.2, 0) is 4.79 Å². The number of likely N-dealkylation sites (N-methyl/N-ethyl adjacent to an activating group) is 1. The van der Waals surface area contributed by atoms with E-state index in [9.17, 15) is 9.90 Å². The van der Waals surface area contributed by atoms with E-state index < -0.39 is 0 Å². The predicted octanol–water partition coefficient (Wildman–Crippen LogP) is 3.38. The van der Waals surface area contributed by atoms with Crippen molar-refractivity contribution in [2.24, 2.45) is 5.92 Å². The fourth-order valence-electron chi connectivity index (χ4n) is 2.98. The Hall–Kier alpha value is -2.17. The summed E-state index contributed by atoms with van der Waals surface area (Å²) in [4.78, 5) is 14.6. The summed E-state index contributed by atoms with van der Waals surface area (Å²) >= 11 is 0. The molecule has 1 amide bonds. The molecule has 2 aromatic carbocycles. The fourth-order valence-corrected chi connectivity index (χ4v) is 2.98. The summed E-state index contributed by atoms with van der Waals surface area (Å²) in [7, 11) is 1.89. The Morgan fingerprint density at radius 3 is 2.48 bits per heavy atom. The third kappa shape index (κ3) is 4.47. The highest BCUT2D eigenvalue weighted by Gasteiger charge is 2.32. The summed E-state index contributed by atoms with van der Waals surface area (Å²) in [6, 6.07) is 17.5. The molecule has 2 atom stereocenters. The molecule has 0 spiro atoms. The summed E-state index contributed by atoms with van der Waals surface area (Å²) in [6.45, 7) is 2.40. The van der Waals surface area contributed by atoms with Gasteiger partial charge in [0.1, 0.15) is 0 Å². The zero-order chi connectivity index (χ0) is 17.8. The number of aliphatic hydroxyl groups excluding tert-OH is 1. The minimum atomic E-state index is -0.336. The fraction of sp³-hybridized carbons (Fsp3) is 0.381. The maximum Gasteiger partial charge on any atom is 0.241 e. The van der Waals surface area contributed by atoms with E-state index in [-0.39, 0.29) is 18.1 Å². The summed E-state index contributed by atoms with van der Waals surface area (Å²) in [5.41, 5.74) is 2.88. The maximum atomic E-state index is 12.7. The lowest BCUT2D eigenvalue weighted by atomic mass is 10.0. The third-order valence-electron chi connectivity index (χ3n) is 4.95. The molecule has 3 rings (SSSR count). The van der Waals surface area contributed by atoms with Crippen molar-refractivity contribution in [2.45, 2.75) is 31.9 Å². The number of para-hydroxylation sites is 1. The first-order valence-corrected chi connectivity index (χ1v) is 8.90. The summed E-state index contributed by atoms with van der Waals surface area (Å²) < 4.78 is 0. The van der Waals surface area contributed by atoms with Crippen molar-refractivity contribution in [2.75, 3.05) is 18.9 Å². The van der Waals surface area contributed by atoms with Crippen molar-refractivity contribution in [3.05, 3.63) is 54.6 Å². The maximum absolute atomic E-state index is 12.7. The van der Waals surface area contributed by atoms with Crippen molar-refractivity contribution in [1.82, 2.24) is 4.90 Å². The topological polar surface area (TPSA) is 52.6 Å². The van der Waals surface area contributed by atoms with Crippen molar-refractivity contribution in [3.63, 3.8) is 0 Å². The van der Waals surface area contributed by atoms with Gasteiger partial charge in [-0.05, 0) is 44.4 Å². The molecule has 2 aromatic rings. The van der Waals surface area contributed by atoms with Crippen LogP contribution in [0.5, 0.6) is 0 Å². The molecule has 1 aliphatic rings. The molecule has 2 unspecified atom stereocenters.